The number of amides is 2. The van der Waals surface area contributed by atoms with Crippen molar-refractivity contribution in [2.45, 2.75) is 51.5 Å². The van der Waals surface area contributed by atoms with Crippen LogP contribution in [-0.4, -0.2) is 53.2 Å². The molecule has 1 saturated heterocycles. The quantitative estimate of drug-likeness (QED) is 0.576. The van der Waals surface area contributed by atoms with Crippen LogP contribution in [0.15, 0.2) is 48.5 Å². The van der Waals surface area contributed by atoms with Gasteiger partial charge in [-0.15, -0.1) is 0 Å². The van der Waals surface area contributed by atoms with Gasteiger partial charge in [0, 0.05) is 19.0 Å². The maximum absolute atomic E-state index is 13.5. The lowest BCUT2D eigenvalue weighted by atomic mass is 9.91. The summed E-state index contributed by atoms with van der Waals surface area (Å²) in [5.41, 5.74) is 3.49. The van der Waals surface area contributed by atoms with E-state index in [-0.39, 0.29) is 36.7 Å². The first-order valence-electron chi connectivity index (χ1n) is 12.4. The average molecular weight is 479 g/mol. The molecule has 7 heteroatoms. The number of fused-ring (bicyclic) bond motifs is 3. The Morgan fingerprint density at radius 2 is 1.57 bits per heavy atom. The number of carbonyl (C=O) groups excluding carboxylic acids is 2. The number of alkyl carbamates (subject to hydrolysis) is 1. The summed E-state index contributed by atoms with van der Waals surface area (Å²) in [6.07, 6.45) is 0.260. The lowest BCUT2D eigenvalue weighted by molar-refractivity contribution is -0.140. The van der Waals surface area contributed by atoms with Gasteiger partial charge in [0.15, 0.2) is 0 Å². The highest BCUT2D eigenvalue weighted by Crippen LogP contribution is 2.44. The van der Waals surface area contributed by atoms with Crippen LogP contribution in [0.5, 0.6) is 0 Å². The minimum absolute atomic E-state index is 0.0377. The highest BCUT2D eigenvalue weighted by Gasteiger charge is 2.44. The number of ether oxygens (including phenoxy) is 1. The van der Waals surface area contributed by atoms with Crippen LogP contribution in [0, 0.1) is 11.8 Å². The molecule has 0 spiro atoms. The minimum atomic E-state index is -1.08. The Morgan fingerprint density at radius 3 is 2.11 bits per heavy atom. The zero-order valence-corrected chi connectivity index (χ0v) is 20.6. The van der Waals surface area contributed by atoms with E-state index in [1.165, 1.54) is 0 Å². The molecular formula is C28H34N2O5. The summed E-state index contributed by atoms with van der Waals surface area (Å²) in [5, 5.41) is 12.1. The number of hydrogen-bond donors (Lipinski definition) is 2. The number of nitrogens with zero attached hydrogens (tertiary/aromatic N) is 1. The smallest absolute Gasteiger partial charge is 0.408 e. The molecule has 0 aromatic heterocycles. The second-order valence-corrected chi connectivity index (χ2v) is 9.79. The molecule has 0 unspecified atom stereocenters. The molecule has 2 atom stereocenters. The van der Waals surface area contributed by atoms with E-state index in [9.17, 15) is 19.5 Å². The molecule has 0 radical (unpaired) electrons. The van der Waals surface area contributed by atoms with Crippen molar-refractivity contribution in [3.8, 4) is 11.1 Å². The molecule has 1 fully saturated rings. The first kappa shape index (κ1) is 24.8. The number of benzene rings is 2. The minimum Gasteiger partial charge on any atom is -0.481 e. The summed E-state index contributed by atoms with van der Waals surface area (Å²) in [6, 6.07) is 16.3. The van der Waals surface area contributed by atoms with Crippen LogP contribution < -0.4 is 5.32 Å². The van der Waals surface area contributed by atoms with E-state index in [1.54, 1.807) is 4.90 Å². The third-order valence-corrected chi connectivity index (χ3v) is 7.79. The summed E-state index contributed by atoms with van der Waals surface area (Å²) >= 11 is 0. The Morgan fingerprint density at radius 1 is 1.00 bits per heavy atom. The number of carboxylic acid groups (broad SMARTS) is 1. The van der Waals surface area contributed by atoms with Crippen LogP contribution in [-0.2, 0) is 14.3 Å². The molecule has 1 heterocycles. The number of carboxylic acids is 1. The maximum Gasteiger partial charge on any atom is 0.408 e. The molecule has 2 aromatic carbocycles. The number of rotatable bonds is 8. The number of likely N-dealkylation sites (tertiary alicyclic amines) is 1. The molecule has 2 N–H and O–H groups in total. The molecule has 1 aliphatic carbocycles. The lowest BCUT2D eigenvalue weighted by Gasteiger charge is -2.35. The summed E-state index contributed by atoms with van der Waals surface area (Å²) in [4.78, 5) is 39.4. The van der Waals surface area contributed by atoms with Gasteiger partial charge in [0.2, 0.25) is 5.91 Å². The third kappa shape index (κ3) is 4.77. The number of aliphatic carboxylic acids is 1. The highest BCUT2D eigenvalue weighted by atomic mass is 16.5. The van der Waals surface area contributed by atoms with Gasteiger partial charge >= 0.3 is 12.1 Å². The van der Waals surface area contributed by atoms with Crippen molar-refractivity contribution in [1.82, 2.24) is 10.2 Å². The summed E-state index contributed by atoms with van der Waals surface area (Å²) < 4.78 is 5.71. The van der Waals surface area contributed by atoms with Crippen molar-refractivity contribution in [2.24, 2.45) is 11.8 Å². The van der Waals surface area contributed by atoms with Crippen LogP contribution in [0.2, 0.25) is 0 Å². The predicted molar refractivity (Wildman–Crippen MR) is 133 cm³/mol. The SMILES string of the molecule is CCC(CC)(NC(=O)OCC1c2ccccc2-c2ccccc21)C(=O)N1C[C@@H](CC(=O)O)[C@H](C)C1. The summed E-state index contributed by atoms with van der Waals surface area (Å²) in [7, 11) is 0. The second-order valence-electron chi connectivity index (χ2n) is 9.79. The Hall–Kier alpha value is -3.35. The Bertz CT molecular complexity index is 1060. The summed E-state index contributed by atoms with van der Waals surface area (Å²) in [6.45, 7) is 6.78. The molecule has 7 nitrogen and oxygen atoms in total. The Balaban J connectivity index is 1.44. The van der Waals surface area contributed by atoms with Gasteiger partial charge in [0.25, 0.3) is 0 Å². The molecule has 2 aliphatic rings. The molecule has 186 valence electrons. The van der Waals surface area contributed by atoms with E-state index in [2.05, 4.69) is 29.6 Å². The summed E-state index contributed by atoms with van der Waals surface area (Å²) in [5.74, 6) is -1.08. The van der Waals surface area contributed by atoms with Crippen molar-refractivity contribution in [3.05, 3.63) is 59.7 Å². The van der Waals surface area contributed by atoms with Crippen LogP contribution >= 0.6 is 0 Å². The van der Waals surface area contributed by atoms with Gasteiger partial charge in [0.05, 0.1) is 6.42 Å². The van der Waals surface area contributed by atoms with Crippen LogP contribution in [0.4, 0.5) is 4.79 Å². The van der Waals surface area contributed by atoms with Gasteiger partial charge < -0.3 is 20.1 Å². The van der Waals surface area contributed by atoms with E-state index in [0.717, 1.165) is 22.3 Å². The van der Waals surface area contributed by atoms with Crippen molar-refractivity contribution >= 4 is 18.0 Å². The maximum atomic E-state index is 13.5. The van der Waals surface area contributed by atoms with E-state index < -0.39 is 17.6 Å². The van der Waals surface area contributed by atoms with Crippen molar-refractivity contribution in [2.75, 3.05) is 19.7 Å². The van der Waals surface area contributed by atoms with Gasteiger partial charge in [-0.1, -0.05) is 69.3 Å². The van der Waals surface area contributed by atoms with E-state index in [4.69, 9.17) is 4.74 Å². The van der Waals surface area contributed by atoms with Crippen LogP contribution in [0.3, 0.4) is 0 Å². The van der Waals surface area contributed by atoms with Crippen molar-refractivity contribution in [3.63, 3.8) is 0 Å². The van der Waals surface area contributed by atoms with Gasteiger partial charge in [-0.3, -0.25) is 9.59 Å². The fourth-order valence-corrected chi connectivity index (χ4v) is 5.61. The molecule has 2 aromatic rings. The average Bonchev–Trinajstić information content (AvgIpc) is 3.38. The second kappa shape index (κ2) is 10.1. The Labute approximate surface area is 206 Å². The molecule has 1 aliphatic heterocycles. The van der Waals surface area contributed by atoms with E-state index in [0.29, 0.717) is 25.9 Å². The topological polar surface area (TPSA) is 95.9 Å². The highest BCUT2D eigenvalue weighted by molar-refractivity contribution is 5.90. The van der Waals surface area contributed by atoms with E-state index >= 15 is 0 Å². The standard InChI is InChI=1S/C28H34N2O5/c1-4-28(5-2,26(33)30-15-18(3)19(16-30)14-25(31)32)29-27(34)35-17-24-22-12-8-6-10-20(22)21-11-7-9-13-23(21)24/h6-13,18-19,24H,4-5,14-17H2,1-3H3,(H,29,34)(H,31,32)/t18-,19-/m1/s1. The van der Waals surface area contributed by atoms with E-state index in [1.807, 2.05) is 45.0 Å². The fourth-order valence-electron chi connectivity index (χ4n) is 5.61. The normalized spacial score (nSPS) is 19.2. The van der Waals surface area contributed by atoms with Gasteiger partial charge in [-0.05, 0) is 46.9 Å². The monoisotopic (exact) mass is 478 g/mol. The van der Waals surface area contributed by atoms with Gasteiger partial charge in [0.1, 0.15) is 12.1 Å². The molecule has 35 heavy (non-hydrogen) atoms. The predicted octanol–water partition coefficient (Wildman–Crippen LogP) is 4.65. The zero-order chi connectivity index (χ0) is 25.2. The number of carbonyl (C=O) groups is 3. The molecule has 2 amide bonds. The first-order chi connectivity index (χ1) is 16.8. The fraction of sp³-hybridized carbons (Fsp3) is 0.464. The zero-order valence-electron chi connectivity index (χ0n) is 20.6. The largest absolute Gasteiger partial charge is 0.481 e. The Kier molecular flexibility index (Phi) is 7.15. The third-order valence-electron chi connectivity index (χ3n) is 7.79. The lowest BCUT2D eigenvalue weighted by Crippen LogP contribution is -2.59. The number of hydrogen-bond acceptors (Lipinski definition) is 4. The van der Waals surface area contributed by atoms with Crippen molar-refractivity contribution in [1.29, 1.82) is 0 Å². The molecule has 0 saturated carbocycles. The van der Waals surface area contributed by atoms with Gasteiger partial charge in [-0.2, -0.15) is 0 Å². The van der Waals surface area contributed by atoms with Gasteiger partial charge in [-0.25, -0.2) is 4.79 Å². The van der Waals surface area contributed by atoms with Crippen LogP contribution in [0.25, 0.3) is 11.1 Å². The molecular weight excluding hydrogens is 444 g/mol. The molecule has 0 bridgehead atoms. The van der Waals surface area contributed by atoms with Crippen molar-refractivity contribution < 1.29 is 24.2 Å². The first-order valence-corrected chi connectivity index (χ1v) is 12.4. The molecule has 4 rings (SSSR count). The van der Waals surface area contributed by atoms with Crippen LogP contribution in [0.1, 0.15) is 57.1 Å². The number of nitrogens with one attached hydrogen (secondary N) is 1.